The van der Waals surface area contributed by atoms with Gasteiger partial charge < -0.3 is 19.4 Å². The van der Waals surface area contributed by atoms with Crippen LogP contribution in [0.15, 0.2) is 11.6 Å². The standard InChI is InChI=1S/C39H70O5Si/c1-9-10-11-12-13-14-15-16-17-18-25-43-35(41)28-39(42)34(40)27-33-31-20-19-29-26-30(44-45(7,8)36(2,3)4)21-23-37(29,5)32(31)22-24-38(33,39)6/h19,30-34,40,42H,9-18,20-28H2,1-8H3/t30-,31+,32-,33-,34+,37-,38-,39+/m0/s1. The van der Waals surface area contributed by atoms with Crippen molar-refractivity contribution >= 4 is 14.3 Å². The van der Waals surface area contributed by atoms with E-state index in [2.05, 4.69) is 60.7 Å². The van der Waals surface area contributed by atoms with E-state index in [1.807, 2.05) is 0 Å². The average Bonchev–Trinajstić information content (AvgIpc) is 3.15. The molecule has 0 unspecified atom stereocenters. The van der Waals surface area contributed by atoms with Crippen LogP contribution in [0.25, 0.3) is 0 Å². The van der Waals surface area contributed by atoms with Crippen LogP contribution in [0.1, 0.15) is 157 Å². The Bertz CT molecular complexity index is 1020. The molecule has 45 heavy (non-hydrogen) atoms. The number of ether oxygens (including phenoxy) is 1. The van der Waals surface area contributed by atoms with E-state index in [1.165, 1.54) is 51.4 Å². The van der Waals surface area contributed by atoms with Gasteiger partial charge in [-0.1, -0.05) is 111 Å². The Morgan fingerprint density at radius 1 is 0.956 bits per heavy atom. The third-order valence-corrected chi connectivity index (χ3v) is 18.4. The molecule has 0 heterocycles. The first kappa shape index (κ1) is 37.1. The molecule has 260 valence electrons. The maximum atomic E-state index is 13.0. The number of rotatable bonds is 15. The normalized spacial score (nSPS) is 36.6. The predicted molar refractivity (Wildman–Crippen MR) is 188 cm³/mol. The Kier molecular flexibility index (Phi) is 12.2. The molecular weight excluding hydrogens is 577 g/mol. The van der Waals surface area contributed by atoms with Crippen molar-refractivity contribution in [1.82, 2.24) is 0 Å². The molecule has 8 atom stereocenters. The van der Waals surface area contributed by atoms with Gasteiger partial charge in [-0.25, -0.2) is 0 Å². The van der Waals surface area contributed by atoms with E-state index in [0.717, 1.165) is 51.4 Å². The van der Waals surface area contributed by atoms with E-state index in [4.69, 9.17) is 9.16 Å². The first-order chi connectivity index (χ1) is 21.1. The molecule has 0 radical (unpaired) electrons. The third-order valence-electron chi connectivity index (χ3n) is 13.9. The van der Waals surface area contributed by atoms with Crippen LogP contribution in [0.3, 0.4) is 0 Å². The quantitative estimate of drug-likeness (QED) is 0.0802. The summed E-state index contributed by atoms with van der Waals surface area (Å²) in [7, 11) is -1.82. The maximum Gasteiger partial charge on any atom is 0.308 e. The Morgan fingerprint density at radius 2 is 1.58 bits per heavy atom. The number of fused-ring (bicyclic) bond motifs is 5. The monoisotopic (exact) mass is 646 g/mol. The van der Waals surface area contributed by atoms with Crippen LogP contribution >= 0.6 is 0 Å². The molecule has 0 saturated heterocycles. The summed E-state index contributed by atoms with van der Waals surface area (Å²) in [6, 6.07) is 0. The predicted octanol–water partition coefficient (Wildman–Crippen LogP) is 9.90. The minimum atomic E-state index is -1.82. The highest BCUT2D eigenvalue weighted by molar-refractivity contribution is 6.74. The SMILES string of the molecule is CCCCCCCCCCCCOC(=O)C[C@@]1(O)[C@H](O)C[C@H]2[C@@H]3CC=C4C[C@@H](O[Si](C)(C)C(C)(C)C)CC[C@]4(C)[C@H]3CC[C@@]21C. The number of carbonyl (C=O) groups is 1. The second kappa shape index (κ2) is 14.8. The van der Waals surface area contributed by atoms with Gasteiger partial charge in [0.25, 0.3) is 0 Å². The third kappa shape index (κ3) is 7.80. The van der Waals surface area contributed by atoms with Crippen LogP contribution in [0.2, 0.25) is 18.1 Å². The minimum Gasteiger partial charge on any atom is -0.466 e. The number of allylic oxidation sites excluding steroid dienone is 1. The smallest absolute Gasteiger partial charge is 0.308 e. The number of aliphatic hydroxyl groups excluding tert-OH is 1. The molecule has 0 aromatic rings. The van der Waals surface area contributed by atoms with Gasteiger partial charge in [-0.2, -0.15) is 0 Å². The van der Waals surface area contributed by atoms with Gasteiger partial charge in [-0.05, 0) is 92.7 Å². The Morgan fingerprint density at radius 3 is 2.20 bits per heavy atom. The summed E-state index contributed by atoms with van der Waals surface area (Å²) in [5, 5.41) is 23.7. The number of hydrogen-bond acceptors (Lipinski definition) is 5. The Balaban J connectivity index is 1.30. The van der Waals surface area contributed by atoms with Crippen LogP contribution in [-0.4, -0.2) is 48.9 Å². The molecule has 0 amide bonds. The molecule has 0 bridgehead atoms. The second-order valence-corrected chi connectivity index (χ2v) is 22.5. The summed E-state index contributed by atoms with van der Waals surface area (Å²) >= 11 is 0. The molecule has 4 aliphatic rings. The summed E-state index contributed by atoms with van der Waals surface area (Å²) in [6.45, 7) is 19.0. The number of hydrogen-bond donors (Lipinski definition) is 2. The lowest BCUT2D eigenvalue weighted by molar-refractivity contribution is -0.177. The van der Waals surface area contributed by atoms with E-state index in [9.17, 15) is 15.0 Å². The summed E-state index contributed by atoms with van der Waals surface area (Å²) in [5.41, 5.74) is -0.144. The van der Waals surface area contributed by atoms with Crippen molar-refractivity contribution in [2.75, 3.05) is 6.61 Å². The molecule has 6 heteroatoms. The zero-order valence-electron chi connectivity index (χ0n) is 30.5. The van der Waals surface area contributed by atoms with Crippen molar-refractivity contribution in [3.05, 3.63) is 11.6 Å². The number of unbranched alkanes of at least 4 members (excludes halogenated alkanes) is 9. The molecular formula is C39H70O5Si. The lowest BCUT2D eigenvalue weighted by Gasteiger charge is -2.59. The van der Waals surface area contributed by atoms with Gasteiger partial charge in [0.1, 0.15) is 5.60 Å². The van der Waals surface area contributed by atoms with E-state index < -0.39 is 25.4 Å². The fourth-order valence-corrected chi connectivity index (χ4v) is 11.2. The second-order valence-electron chi connectivity index (χ2n) is 17.7. The van der Waals surface area contributed by atoms with Crippen molar-refractivity contribution in [1.29, 1.82) is 0 Å². The van der Waals surface area contributed by atoms with Gasteiger partial charge in [0.05, 0.1) is 19.1 Å². The van der Waals surface area contributed by atoms with E-state index in [0.29, 0.717) is 31.0 Å². The first-order valence-corrected chi connectivity index (χ1v) is 21.9. The Labute approximate surface area is 277 Å². The van der Waals surface area contributed by atoms with Gasteiger partial charge >= 0.3 is 5.97 Å². The topological polar surface area (TPSA) is 76.0 Å². The Hall–Kier alpha value is -0.693. The lowest BCUT2D eigenvalue weighted by Crippen LogP contribution is -2.57. The summed E-state index contributed by atoms with van der Waals surface area (Å²) in [4.78, 5) is 13.0. The van der Waals surface area contributed by atoms with E-state index in [-0.39, 0.29) is 28.8 Å². The van der Waals surface area contributed by atoms with Gasteiger partial charge in [-0.15, -0.1) is 0 Å². The van der Waals surface area contributed by atoms with Crippen molar-refractivity contribution in [3.63, 3.8) is 0 Å². The van der Waals surface area contributed by atoms with Crippen molar-refractivity contribution in [2.24, 2.45) is 28.6 Å². The zero-order valence-corrected chi connectivity index (χ0v) is 31.5. The highest BCUT2D eigenvalue weighted by Gasteiger charge is 2.67. The fourth-order valence-electron chi connectivity index (χ4n) is 9.80. The van der Waals surface area contributed by atoms with Crippen molar-refractivity contribution < 1.29 is 24.2 Å². The van der Waals surface area contributed by atoms with Gasteiger partial charge in [0, 0.05) is 11.5 Å². The molecule has 3 fully saturated rings. The van der Waals surface area contributed by atoms with Gasteiger partial charge in [0.15, 0.2) is 8.32 Å². The zero-order chi connectivity index (χ0) is 33.1. The molecule has 0 aromatic heterocycles. The number of carbonyl (C=O) groups excluding carboxylic acids is 1. The minimum absolute atomic E-state index is 0.0961. The van der Waals surface area contributed by atoms with Crippen molar-refractivity contribution in [3.8, 4) is 0 Å². The largest absolute Gasteiger partial charge is 0.466 e. The van der Waals surface area contributed by atoms with Crippen LogP contribution < -0.4 is 0 Å². The van der Waals surface area contributed by atoms with Gasteiger partial charge in [-0.3, -0.25) is 4.79 Å². The highest BCUT2D eigenvalue weighted by atomic mass is 28.4. The molecule has 0 aliphatic heterocycles. The summed E-state index contributed by atoms with van der Waals surface area (Å²) in [5.74, 6) is 0.847. The van der Waals surface area contributed by atoms with E-state index in [1.54, 1.807) is 5.57 Å². The lowest BCUT2D eigenvalue weighted by atomic mass is 9.47. The first-order valence-electron chi connectivity index (χ1n) is 19.0. The average molecular weight is 647 g/mol. The molecule has 0 aromatic carbocycles. The van der Waals surface area contributed by atoms with Crippen LogP contribution in [0, 0.1) is 28.6 Å². The highest BCUT2D eigenvalue weighted by Crippen LogP contribution is 2.68. The summed E-state index contributed by atoms with van der Waals surface area (Å²) in [6.07, 6.45) is 21.1. The molecule has 4 rings (SSSR count). The van der Waals surface area contributed by atoms with Crippen LogP contribution in [-0.2, 0) is 14.0 Å². The van der Waals surface area contributed by atoms with Crippen molar-refractivity contribution in [2.45, 2.75) is 193 Å². The van der Waals surface area contributed by atoms with Crippen LogP contribution in [0.4, 0.5) is 0 Å². The maximum absolute atomic E-state index is 13.0. The summed E-state index contributed by atoms with van der Waals surface area (Å²) < 4.78 is 12.5. The van der Waals surface area contributed by atoms with Crippen LogP contribution in [0.5, 0.6) is 0 Å². The fraction of sp³-hybridized carbons (Fsp3) is 0.923. The molecule has 5 nitrogen and oxygen atoms in total. The molecule has 3 saturated carbocycles. The number of esters is 1. The molecule has 0 spiro atoms. The molecule has 4 aliphatic carbocycles. The number of aliphatic hydroxyl groups is 2. The van der Waals surface area contributed by atoms with E-state index >= 15 is 0 Å². The van der Waals surface area contributed by atoms with Gasteiger partial charge in [0.2, 0.25) is 0 Å². The molecule has 2 N–H and O–H groups in total.